The molecule has 0 spiro atoms. The molecule has 1 saturated carbocycles. The van der Waals surface area contributed by atoms with Crippen LogP contribution >= 0.6 is 23.2 Å². The van der Waals surface area contributed by atoms with Crippen molar-refractivity contribution in [2.75, 3.05) is 19.6 Å². The summed E-state index contributed by atoms with van der Waals surface area (Å²) in [7, 11) is 0. The second kappa shape index (κ2) is 7.98. The van der Waals surface area contributed by atoms with Crippen LogP contribution in [0, 0.1) is 0 Å². The molecule has 0 radical (unpaired) electrons. The smallest absolute Gasteiger partial charge is 0.156 e. The largest absolute Gasteiger partial charge is 0.390 e. The molecule has 2 aromatic heterocycles. The molecule has 1 aliphatic carbocycles. The Hall–Kier alpha value is -2.48. The van der Waals surface area contributed by atoms with Gasteiger partial charge in [0, 0.05) is 35.8 Å². The molecule has 2 N–H and O–H groups in total. The third-order valence-corrected chi connectivity index (χ3v) is 6.03. The summed E-state index contributed by atoms with van der Waals surface area (Å²) in [5, 5.41) is 1.18. The van der Waals surface area contributed by atoms with Gasteiger partial charge in [-0.1, -0.05) is 23.2 Å². The molecule has 1 fully saturated rings. The monoisotopic (exact) mass is 441 g/mol. The molecule has 0 saturated heterocycles. The lowest BCUT2D eigenvalue weighted by Gasteiger charge is -2.25. The van der Waals surface area contributed by atoms with E-state index in [9.17, 15) is 0 Å². The van der Waals surface area contributed by atoms with Gasteiger partial charge >= 0.3 is 0 Å². The van der Waals surface area contributed by atoms with Gasteiger partial charge in [0.25, 0.3) is 0 Å². The van der Waals surface area contributed by atoms with Crippen LogP contribution in [0.2, 0.25) is 10.0 Å². The Balaban J connectivity index is 1.59. The van der Waals surface area contributed by atoms with E-state index in [0.717, 1.165) is 40.7 Å². The lowest BCUT2D eigenvalue weighted by molar-refractivity contribution is 0.297. The predicted octanol–water partition coefficient (Wildman–Crippen LogP) is 3.78. The quantitative estimate of drug-likeness (QED) is 0.492. The van der Waals surface area contributed by atoms with Crippen molar-refractivity contribution in [1.29, 1.82) is 0 Å². The molecule has 3 heterocycles. The van der Waals surface area contributed by atoms with Crippen molar-refractivity contribution in [3.8, 4) is 11.3 Å². The average molecular weight is 442 g/mol. The summed E-state index contributed by atoms with van der Waals surface area (Å²) in [4.78, 5) is 20.4. The van der Waals surface area contributed by atoms with Gasteiger partial charge in [-0.15, -0.1) is 0 Å². The molecule has 154 valence electrons. The molecule has 0 bridgehead atoms. The standard InChI is InChI=1S/C21H21Cl2N7/c22-14-3-4-15(16(23)7-14)21-18(10-29-6-5-25-19(11-29)27-12-24)30-9-17(13-1-2-13)26-8-20(30)28-21/h3-4,7-9,12-13H,1-2,5-6,10-11H2,(H2,24,25,27). The van der Waals surface area contributed by atoms with Crippen molar-refractivity contribution in [3.63, 3.8) is 0 Å². The number of halogens is 2. The molecule has 3 aromatic rings. The molecule has 0 atom stereocenters. The van der Waals surface area contributed by atoms with E-state index in [1.54, 1.807) is 6.07 Å². The summed E-state index contributed by atoms with van der Waals surface area (Å²) in [6.07, 6.45) is 7.66. The highest BCUT2D eigenvalue weighted by molar-refractivity contribution is 6.36. The summed E-state index contributed by atoms with van der Waals surface area (Å²) in [5.41, 5.74) is 10.1. The summed E-state index contributed by atoms with van der Waals surface area (Å²) in [5.74, 6) is 1.30. The molecular weight excluding hydrogens is 421 g/mol. The number of hydrogen-bond acceptors (Lipinski definition) is 5. The normalized spacial score (nSPS) is 17.7. The van der Waals surface area contributed by atoms with Crippen molar-refractivity contribution in [2.45, 2.75) is 25.3 Å². The Morgan fingerprint density at radius 2 is 2.13 bits per heavy atom. The Labute approximate surface area is 184 Å². The maximum atomic E-state index is 6.55. The Bertz CT molecular complexity index is 1160. The highest BCUT2D eigenvalue weighted by Crippen LogP contribution is 2.39. The van der Waals surface area contributed by atoms with Crippen molar-refractivity contribution < 1.29 is 0 Å². The molecule has 1 aromatic carbocycles. The van der Waals surface area contributed by atoms with E-state index in [-0.39, 0.29) is 0 Å². The molecule has 0 unspecified atom stereocenters. The number of rotatable bonds is 4. The molecule has 1 aliphatic heterocycles. The van der Waals surface area contributed by atoms with Gasteiger partial charge in [0.15, 0.2) is 5.65 Å². The van der Waals surface area contributed by atoms with Gasteiger partial charge in [0.1, 0.15) is 5.84 Å². The number of nitrogens with zero attached hydrogens (tertiary/aromatic N) is 6. The van der Waals surface area contributed by atoms with Gasteiger partial charge in [-0.3, -0.25) is 19.3 Å². The molecule has 30 heavy (non-hydrogen) atoms. The molecule has 0 amide bonds. The SMILES string of the molecule is NC=NC1=NCCN(Cc2c(-c3ccc(Cl)cc3Cl)nc3cnc(C4CC4)cn23)C1. The molecular formula is C21H21Cl2N7. The summed E-state index contributed by atoms with van der Waals surface area (Å²) in [6, 6.07) is 5.51. The van der Waals surface area contributed by atoms with E-state index < -0.39 is 0 Å². The van der Waals surface area contributed by atoms with E-state index in [1.165, 1.54) is 19.2 Å². The number of aromatic nitrogens is 3. The fraction of sp³-hybridized carbons (Fsp3) is 0.333. The minimum Gasteiger partial charge on any atom is -0.390 e. The van der Waals surface area contributed by atoms with Crippen LogP contribution in [0.25, 0.3) is 16.9 Å². The van der Waals surface area contributed by atoms with Crippen LogP contribution in [0.15, 0.2) is 40.6 Å². The first-order valence-electron chi connectivity index (χ1n) is 9.94. The minimum atomic E-state index is 0.555. The van der Waals surface area contributed by atoms with Crippen molar-refractivity contribution in [1.82, 2.24) is 19.3 Å². The van der Waals surface area contributed by atoms with Crippen LogP contribution in [-0.4, -0.2) is 51.1 Å². The highest BCUT2D eigenvalue weighted by atomic mass is 35.5. The highest BCUT2D eigenvalue weighted by Gasteiger charge is 2.27. The maximum absolute atomic E-state index is 6.55. The van der Waals surface area contributed by atoms with E-state index in [1.807, 2.05) is 18.3 Å². The van der Waals surface area contributed by atoms with Gasteiger partial charge in [0.2, 0.25) is 0 Å². The average Bonchev–Trinajstić information content (AvgIpc) is 3.52. The van der Waals surface area contributed by atoms with Crippen molar-refractivity contribution in [2.24, 2.45) is 15.7 Å². The van der Waals surface area contributed by atoms with Crippen LogP contribution in [0.1, 0.15) is 30.1 Å². The van der Waals surface area contributed by atoms with Gasteiger partial charge in [0.05, 0.1) is 47.7 Å². The number of amidine groups is 1. The number of benzene rings is 1. The summed E-state index contributed by atoms with van der Waals surface area (Å²) >= 11 is 12.7. The van der Waals surface area contributed by atoms with Gasteiger partial charge in [-0.25, -0.2) is 9.98 Å². The van der Waals surface area contributed by atoms with Crippen LogP contribution in [-0.2, 0) is 6.54 Å². The summed E-state index contributed by atoms with van der Waals surface area (Å²) in [6.45, 7) is 2.85. The topological polar surface area (TPSA) is 84.2 Å². The second-order valence-electron chi connectivity index (χ2n) is 7.63. The third-order valence-electron chi connectivity index (χ3n) is 5.48. The van der Waals surface area contributed by atoms with Crippen LogP contribution in [0.5, 0.6) is 0 Å². The number of hydrogen-bond donors (Lipinski definition) is 1. The minimum absolute atomic E-state index is 0.555. The fourth-order valence-corrected chi connectivity index (χ4v) is 4.32. The molecule has 9 heteroatoms. The van der Waals surface area contributed by atoms with Gasteiger partial charge < -0.3 is 5.73 Å². The first-order chi connectivity index (χ1) is 14.6. The molecule has 5 rings (SSSR count). The van der Waals surface area contributed by atoms with E-state index in [0.29, 0.717) is 35.6 Å². The van der Waals surface area contributed by atoms with E-state index >= 15 is 0 Å². The number of fused-ring (bicyclic) bond motifs is 1. The van der Waals surface area contributed by atoms with Crippen molar-refractivity contribution >= 4 is 41.0 Å². The zero-order valence-electron chi connectivity index (χ0n) is 16.3. The third kappa shape index (κ3) is 3.80. The zero-order valence-corrected chi connectivity index (χ0v) is 17.8. The molecule has 7 nitrogen and oxygen atoms in total. The number of imidazole rings is 1. The van der Waals surface area contributed by atoms with Crippen molar-refractivity contribution in [3.05, 3.63) is 52.0 Å². The zero-order chi connectivity index (χ0) is 20.7. The molecule has 2 aliphatic rings. The number of nitrogens with two attached hydrogens (primary N) is 1. The van der Waals surface area contributed by atoms with E-state index in [2.05, 4.69) is 30.5 Å². The van der Waals surface area contributed by atoms with Gasteiger partial charge in [-0.2, -0.15) is 0 Å². The Morgan fingerprint density at radius 3 is 2.90 bits per heavy atom. The van der Waals surface area contributed by atoms with E-state index in [4.69, 9.17) is 33.9 Å². The summed E-state index contributed by atoms with van der Waals surface area (Å²) < 4.78 is 2.15. The second-order valence-corrected chi connectivity index (χ2v) is 8.48. The number of aliphatic imine (C=N–C) groups is 2. The van der Waals surface area contributed by atoms with Crippen LogP contribution < -0.4 is 5.73 Å². The van der Waals surface area contributed by atoms with Crippen LogP contribution in [0.4, 0.5) is 0 Å². The predicted molar refractivity (Wildman–Crippen MR) is 121 cm³/mol. The fourth-order valence-electron chi connectivity index (χ4n) is 3.82. The lowest BCUT2D eigenvalue weighted by atomic mass is 10.1. The lowest BCUT2D eigenvalue weighted by Crippen LogP contribution is -2.35. The maximum Gasteiger partial charge on any atom is 0.156 e. The Kier molecular flexibility index (Phi) is 5.18. The van der Waals surface area contributed by atoms with Gasteiger partial charge in [-0.05, 0) is 31.0 Å². The Morgan fingerprint density at radius 1 is 1.27 bits per heavy atom. The first kappa shape index (κ1) is 19.5. The first-order valence-corrected chi connectivity index (χ1v) is 10.7. The van der Waals surface area contributed by atoms with Crippen LogP contribution in [0.3, 0.4) is 0 Å².